The first-order valence-electron chi connectivity index (χ1n) is 6.29. The largest absolute Gasteiger partial charge is 0.365 e. The molecular formula is C14H13N4O4+. The summed E-state index contributed by atoms with van der Waals surface area (Å²) in [4.78, 5) is 33.4. The number of nitrogens with one attached hydrogen (secondary N) is 1. The Morgan fingerprint density at radius 1 is 1.23 bits per heavy atom. The fourth-order valence-corrected chi connectivity index (χ4v) is 1.86. The van der Waals surface area contributed by atoms with Gasteiger partial charge < -0.3 is 11.1 Å². The number of nitrogens with two attached hydrogens (primary N) is 1. The van der Waals surface area contributed by atoms with Crippen LogP contribution >= 0.6 is 0 Å². The van der Waals surface area contributed by atoms with Gasteiger partial charge in [0.2, 0.25) is 6.54 Å². The Hall–Kier alpha value is -3.29. The number of nitro groups is 1. The van der Waals surface area contributed by atoms with Crippen molar-refractivity contribution in [2.24, 2.45) is 5.73 Å². The predicted octanol–water partition coefficient (Wildman–Crippen LogP) is 0.620. The Kier molecular flexibility index (Phi) is 4.42. The van der Waals surface area contributed by atoms with Crippen molar-refractivity contribution in [1.82, 2.24) is 0 Å². The summed E-state index contributed by atoms with van der Waals surface area (Å²) in [5.41, 5.74) is 5.35. The number of nitrogens with zero attached hydrogens (tertiary/aromatic N) is 2. The van der Waals surface area contributed by atoms with E-state index < -0.39 is 16.7 Å². The number of hydrogen-bond donors (Lipinski definition) is 2. The highest BCUT2D eigenvalue weighted by Crippen LogP contribution is 2.22. The zero-order valence-corrected chi connectivity index (χ0v) is 11.4. The lowest BCUT2D eigenvalue weighted by molar-refractivity contribution is -0.684. The van der Waals surface area contributed by atoms with E-state index in [9.17, 15) is 19.7 Å². The topological polar surface area (TPSA) is 119 Å². The van der Waals surface area contributed by atoms with E-state index in [1.54, 1.807) is 18.3 Å². The summed E-state index contributed by atoms with van der Waals surface area (Å²) < 4.78 is 1.46. The zero-order chi connectivity index (χ0) is 16.1. The van der Waals surface area contributed by atoms with Crippen molar-refractivity contribution in [2.75, 3.05) is 5.32 Å². The van der Waals surface area contributed by atoms with Gasteiger partial charge >= 0.3 is 0 Å². The van der Waals surface area contributed by atoms with Crippen LogP contribution in [0.2, 0.25) is 0 Å². The molecular weight excluding hydrogens is 288 g/mol. The van der Waals surface area contributed by atoms with Gasteiger partial charge in [0.05, 0.1) is 4.92 Å². The van der Waals surface area contributed by atoms with Gasteiger partial charge in [0.1, 0.15) is 11.3 Å². The first-order chi connectivity index (χ1) is 10.5. The summed E-state index contributed by atoms with van der Waals surface area (Å²) in [5, 5.41) is 13.4. The van der Waals surface area contributed by atoms with Gasteiger partial charge in [-0.1, -0.05) is 12.1 Å². The van der Waals surface area contributed by atoms with Crippen LogP contribution in [0, 0.1) is 10.1 Å². The standard InChI is InChI=1S/C14H12N4O4/c15-14(20)10-4-3-7-17(8-10)9-13(19)16-11-5-1-2-6-12(11)18(21)22/h1-8H,9H2,(H2-,15,16,19,20)/p+1. The number of nitro benzene ring substituents is 1. The monoisotopic (exact) mass is 301 g/mol. The molecule has 0 atom stereocenters. The van der Waals surface area contributed by atoms with Crippen molar-refractivity contribution in [1.29, 1.82) is 0 Å². The molecule has 3 N–H and O–H groups in total. The second-order valence-electron chi connectivity index (χ2n) is 4.45. The summed E-state index contributed by atoms with van der Waals surface area (Å²) in [6, 6.07) is 8.95. The molecule has 0 aliphatic rings. The molecule has 0 aliphatic carbocycles. The second-order valence-corrected chi connectivity index (χ2v) is 4.45. The van der Waals surface area contributed by atoms with Crippen LogP contribution in [0.4, 0.5) is 11.4 Å². The van der Waals surface area contributed by atoms with E-state index in [1.165, 1.54) is 35.0 Å². The summed E-state index contributed by atoms with van der Waals surface area (Å²) in [7, 11) is 0. The van der Waals surface area contributed by atoms with E-state index in [2.05, 4.69) is 5.32 Å². The molecule has 8 heteroatoms. The number of benzene rings is 1. The average molecular weight is 301 g/mol. The maximum Gasteiger partial charge on any atom is 0.292 e. The van der Waals surface area contributed by atoms with Crippen LogP contribution in [-0.2, 0) is 11.3 Å². The number of para-hydroxylation sites is 2. The lowest BCUT2D eigenvalue weighted by Crippen LogP contribution is -2.40. The number of rotatable bonds is 5. The number of hydrogen-bond acceptors (Lipinski definition) is 4. The third-order valence-electron chi connectivity index (χ3n) is 2.84. The SMILES string of the molecule is NC(=O)c1ccc[n+](CC(=O)Nc2ccccc2[N+](=O)[O-])c1. The van der Waals surface area contributed by atoms with Crippen LogP contribution in [0.25, 0.3) is 0 Å². The van der Waals surface area contributed by atoms with Crippen molar-refractivity contribution in [3.63, 3.8) is 0 Å². The van der Waals surface area contributed by atoms with E-state index in [0.717, 1.165) is 0 Å². The molecule has 1 heterocycles. The number of carbonyl (C=O) groups excluding carboxylic acids is 2. The van der Waals surface area contributed by atoms with Crippen LogP contribution in [0.5, 0.6) is 0 Å². The first-order valence-corrected chi connectivity index (χ1v) is 6.29. The molecule has 0 saturated heterocycles. The lowest BCUT2D eigenvalue weighted by atomic mass is 10.2. The second kappa shape index (κ2) is 6.44. The van der Waals surface area contributed by atoms with E-state index in [0.29, 0.717) is 0 Å². The maximum absolute atomic E-state index is 12.0. The quantitative estimate of drug-likeness (QED) is 0.478. The van der Waals surface area contributed by atoms with Gasteiger partial charge in [-0.15, -0.1) is 0 Å². The third-order valence-corrected chi connectivity index (χ3v) is 2.84. The van der Waals surface area contributed by atoms with Crippen LogP contribution in [-0.4, -0.2) is 16.7 Å². The molecule has 112 valence electrons. The molecule has 0 aliphatic heterocycles. The average Bonchev–Trinajstić information content (AvgIpc) is 2.47. The van der Waals surface area contributed by atoms with Crippen molar-refractivity contribution in [3.8, 4) is 0 Å². The molecule has 8 nitrogen and oxygen atoms in total. The minimum atomic E-state index is -0.603. The smallest absolute Gasteiger partial charge is 0.292 e. The molecule has 2 rings (SSSR count). The predicted molar refractivity (Wildman–Crippen MR) is 76.9 cm³/mol. The van der Waals surface area contributed by atoms with Gasteiger partial charge in [-0.3, -0.25) is 19.7 Å². The molecule has 0 saturated carbocycles. The molecule has 1 aromatic heterocycles. The van der Waals surface area contributed by atoms with E-state index in [-0.39, 0.29) is 23.5 Å². The van der Waals surface area contributed by atoms with Gasteiger partial charge in [0.15, 0.2) is 12.4 Å². The van der Waals surface area contributed by atoms with Crippen molar-refractivity contribution in [3.05, 3.63) is 64.5 Å². The van der Waals surface area contributed by atoms with Crippen LogP contribution in [0.1, 0.15) is 10.4 Å². The maximum atomic E-state index is 12.0. The van der Waals surface area contributed by atoms with E-state index >= 15 is 0 Å². The van der Waals surface area contributed by atoms with Gasteiger partial charge in [0.25, 0.3) is 17.5 Å². The van der Waals surface area contributed by atoms with Crippen molar-refractivity contribution >= 4 is 23.2 Å². The number of aromatic nitrogens is 1. The van der Waals surface area contributed by atoms with Crippen LogP contribution < -0.4 is 15.6 Å². The summed E-state index contributed by atoms with van der Waals surface area (Å²) >= 11 is 0. The lowest BCUT2D eigenvalue weighted by Gasteiger charge is -2.04. The molecule has 0 fully saturated rings. The van der Waals surface area contributed by atoms with Gasteiger partial charge in [-0.2, -0.15) is 4.57 Å². The highest BCUT2D eigenvalue weighted by molar-refractivity contribution is 5.93. The normalized spacial score (nSPS) is 10.0. The molecule has 2 amide bonds. The third kappa shape index (κ3) is 3.63. The van der Waals surface area contributed by atoms with Gasteiger partial charge in [-0.25, -0.2) is 0 Å². The van der Waals surface area contributed by atoms with E-state index in [1.807, 2.05) is 0 Å². The number of primary amides is 1. The Labute approximate surface area is 125 Å². The zero-order valence-electron chi connectivity index (χ0n) is 11.4. The number of anilines is 1. The summed E-state index contributed by atoms with van der Waals surface area (Å²) in [6.07, 6.45) is 3.02. The minimum Gasteiger partial charge on any atom is -0.365 e. The fourth-order valence-electron chi connectivity index (χ4n) is 1.86. The summed E-state index contributed by atoms with van der Waals surface area (Å²) in [5.74, 6) is -1.06. The first kappa shape index (κ1) is 15.1. The molecule has 22 heavy (non-hydrogen) atoms. The Morgan fingerprint density at radius 2 is 1.95 bits per heavy atom. The molecule has 0 unspecified atom stereocenters. The van der Waals surface area contributed by atoms with Gasteiger partial charge in [0, 0.05) is 12.1 Å². The number of carbonyl (C=O) groups is 2. The molecule has 0 spiro atoms. The molecule has 1 aromatic carbocycles. The summed E-state index contributed by atoms with van der Waals surface area (Å²) in [6.45, 7) is -0.104. The Bertz CT molecular complexity index is 745. The highest BCUT2D eigenvalue weighted by Gasteiger charge is 2.17. The van der Waals surface area contributed by atoms with Crippen molar-refractivity contribution in [2.45, 2.75) is 6.54 Å². The molecule has 0 radical (unpaired) electrons. The number of amides is 2. The highest BCUT2D eigenvalue weighted by atomic mass is 16.6. The van der Waals surface area contributed by atoms with Crippen molar-refractivity contribution < 1.29 is 19.1 Å². The molecule has 0 bridgehead atoms. The Balaban J connectivity index is 2.12. The van der Waals surface area contributed by atoms with E-state index in [4.69, 9.17) is 5.73 Å². The van der Waals surface area contributed by atoms with Crippen LogP contribution in [0.15, 0.2) is 48.8 Å². The minimum absolute atomic E-state index is 0.104. The Morgan fingerprint density at radius 3 is 2.64 bits per heavy atom. The van der Waals surface area contributed by atoms with Gasteiger partial charge in [-0.05, 0) is 12.1 Å². The number of pyridine rings is 1. The fraction of sp³-hybridized carbons (Fsp3) is 0.0714. The van der Waals surface area contributed by atoms with Crippen LogP contribution in [0.3, 0.4) is 0 Å². The molecule has 2 aromatic rings.